The maximum atomic E-state index is 11.9. The van der Waals surface area contributed by atoms with E-state index in [1.807, 2.05) is 13.8 Å². The van der Waals surface area contributed by atoms with Crippen LogP contribution in [0.15, 0.2) is 0 Å². The third-order valence-electron chi connectivity index (χ3n) is 2.00. The molecule has 7 heteroatoms. The summed E-state index contributed by atoms with van der Waals surface area (Å²) in [6.45, 7) is 4.08. The molecule has 0 atom stereocenters. The van der Waals surface area contributed by atoms with Gasteiger partial charge in [0.05, 0.1) is 6.54 Å². The molecule has 0 rings (SSSR count). The fourth-order valence-electron chi connectivity index (χ4n) is 1.27. The molecular formula is C10H17F3N2O2. The van der Waals surface area contributed by atoms with Crippen LogP contribution in [0.25, 0.3) is 0 Å². The predicted molar refractivity (Wildman–Crippen MR) is 56.2 cm³/mol. The Labute approximate surface area is 98.2 Å². The lowest BCUT2D eigenvalue weighted by Crippen LogP contribution is -2.44. The largest absolute Gasteiger partial charge is 0.471 e. The summed E-state index contributed by atoms with van der Waals surface area (Å²) in [5.74, 6) is -2.58. The molecule has 0 heterocycles. The third kappa shape index (κ3) is 6.13. The lowest BCUT2D eigenvalue weighted by atomic mass is 10.3. The molecule has 0 radical (unpaired) electrons. The molecule has 0 saturated heterocycles. The van der Waals surface area contributed by atoms with E-state index in [4.69, 9.17) is 0 Å². The number of rotatable bonds is 6. The van der Waals surface area contributed by atoms with Gasteiger partial charge in [-0.1, -0.05) is 13.8 Å². The molecular weight excluding hydrogens is 237 g/mol. The van der Waals surface area contributed by atoms with Crippen LogP contribution in [0.3, 0.4) is 0 Å². The van der Waals surface area contributed by atoms with Crippen molar-refractivity contribution in [1.29, 1.82) is 0 Å². The molecule has 0 aromatic heterocycles. The van der Waals surface area contributed by atoms with Crippen molar-refractivity contribution in [2.45, 2.75) is 32.9 Å². The van der Waals surface area contributed by atoms with Gasteiger partial charge in [-0.05, 0) is 12.8 Å². The number of hydrogen-bond donors (Lipinski definition) is 1. The number of nitrogens with zero attached hydrogens (tertiary/aromatic N) is 1. The van der Waals surface area contributed by atoms with Crippen molar-refractivity contribution in [3.05, 3.63) is 0 Å². The number of alkyl halides is 3. The Hall–Kier alpha value is -1.27. The quantitative estimate of drug-likeness (QED) is 0.777. The third-order valence-corrected chi connectivity index (χ3v) is 2.00. The van der Waals surface area contributed by atoms with Gasteiger partial charge in [-0.15, -0.1) is 0 Å². The molecule has 0 aromatic rings. The molecule has 4 nitrogen and oxygen atoms in total. The summed E-state index contributed by atoms with van der Waals surface area (Å²) < 4.78 is 35.6. The van der Waals surface area contributed by atoms with Gasteiger partial charge in [-0.25, -0.2) is 0 Å². The van der Waals surface area contributed by atoms with Crippen LogP contribution in [-0.4, -0.2) is 42.5 Å². The predicted octanol–water partition coefficient (Wildman–Crippen LogP) is 1.31. The maximum Gasteiger partial charge on any atom is 0.471 e. The molecule has 0 aliphatic carbocycles. The fourth-order valence-corrected chi connectivity index (χ4v) is 1.27. The molecule has 100 valence electrons. The van der Waals surface area contributed by atoms with E-state index >= 15 is 0 Å². The van der Waals surface area contributed by atoms with E-state index in [9.17, 15) is 22.8 Å². The zero-order valence-corrected chi connectivity index (χ0v) is 9.93. The number of carbonyl (C=O) groups is 2. The van der Waals surface area contributed by atoms with E-state index in [-0.39, 0.29) is 0 Å². The van der Waals surface area contributed by atoms with Gasteiger partial charge in [0.1, 0.15) is 0 Å². The molecule has 1 N–H and O–H groups in total. The number of carbonyl (C=O) groups excluding carboxylic acids is 2. The summed E-state index contributed by atoms with van der Waals surface area (Å²) >= 11 is 0. The average molecular weight is 254 g/mol. The Bertz CT molecular complexity index is 261. The van der Waals surface area contributed by atoms with Gasteiger partial charge in [0.2, 0.25) is 5.91 Å². The Morgan fingerprint density at radius 3 is 1.94 bits per heavy atom. The molecule has 0 bridgehead atoms. The van der Waals surface area contributed by atoms with E-state index in [1.165, 1.54) is 4.90 Å². The lowest BCUT2D eigenvalue weighted by molar-refractivity contribution is -0.174. The van der Waals surface area contributed by atoms with E-state index in [1.54, 1.807) is 5.32 Å². The second-order valence-corrected chi connectivity index (χ2v) is 3.56. The van der Waals surface area contributed by atoms with Crippen molar-refractivity contribution in [3.8, 4) is 0 Å². The molecule has 0 aliphatic heterocycles. The van der Waals surface area contributed by atoms with E-state index < -0.39 is 24.5 Å². The average Bonchev–Trinajstić information content (AvgIpc) is 2.23. The molecule has 0 aromatic carbocycles. The van der Waals surface area contributed by atoms with Crippen molar-refractivity contribution in [2.75, 3.05) is 19.6 Å². The van der Waals surface area contributed by atoms with Crippen LogP contribution in [0.5, 0.6) is 0 Å². The highest BCUT2D eigenvalue weighted by atomic mass is 19.4. The van der Waals surface area contributed by atoms with Crippen molar-refractivity contribution in [1.82, 2.24) is 10.2 Å². The highest BCUT2D eigenvalue weighted by Gasteiger charge is 2.38. The zero-order valence-electron chi connectivity index (χ0n) is 9.93. The van der Waals surface area contributed by atoms with Crippen molar-refractivity contribution in [3.63, 3.8) is 0 Å². The Balaban J connectivity index is 4.18. The van der Waals surface area contributed by atoms with Gasteiger partial charge in [0, 0.05) is 13.1 Å². The minimum absolute atomic E-state index is 0.481. The molecule has 0 saturated carbocycles. The van der Waals surface area contributed by atoms with Gasteiger partial charge in [0.25, 0.3) is 0 Å². The summed E-state index contributed by atoms with van der Waals surface area (Å²) in [7, 11) is 0. The van der Waals surface area contributed by atoms with Crippen LogP contribution < -0.4 is 5.32 Å². The van der Waals surface area contributed by atoms with Gasteiger partial charge in [-0.3, -0.25) is 9.59 Å². The maximum absolute atomic E-state index is 11.9. The minimum atomic E-state index is -4.94. The Morgan fingerprint density at radius 1 is 1.12 bits per heavy atom. The van der Waals surface area contributed by atoms with Crippen LogP contribution in [0.2, 0.25) is 0 Å². The highest BCUT2D eigenvalue weighted by molar-refractivity contribution is 5.87. The van der Waals surface area contributed by atoms with Gasteiger partial charge < -0.3 is 10.2 Å². The fraction of sp³-hybridized carbons (Fsp3) is 0.800. The molecule has 0 spiro atoms. The first-order valence-corrected chi connectivity index (χ1v) is 5.45. The summed E-state index contributed by atoms with van der Waals surface area (Å²) in [6.07, 6.45) is -3.50. The van der Waals surface area contributed by atoms with Crippen LogP contribution in [-0.2, 0) is 9.59 Å². The van der Waals surface area contributed by atoms with Crippen LogP contribution in [0.1, 0.15) is 26.7 Å². The standard InChI is InChI=1S/C10H17F3N2O2/c1-3-5-15(6-4-2)8(16)7-14-9(17)10(11,12)13/h3-7H2,1-2H3,(H,14,17). The van der Waals surface area contributed by atoms with E-state index in [0.29, 0.717) is 13.1 Å². The second-order valence-electron chi connectivity index (χ2n) is 3.56. The van der Waals surface area contributed by atoms with Crippen molar-refractivity contribution >= 4 is 11.8 Å². The Kier molecular flexibility index (Phi) is 6.60. The minimum Gasteiger partial charge on any atom is -0.341 e. The van der Waals surface area contributed by atoms with E-state index in [0.717, 1.165) is 12.8 Å². The number of amides is 2. The second kappa shape index (κ2) is 7.13. The summed E-state index contributed by atoms with van der Waals surface area (Å²) in [5.41, 5.74) is 0. The summed E-state index contributed by atoms with van der Waals surface area (Å²) in [5, 5.41) is 1.56. The van der Waals surface area contributed by atoms with Crippen LogP contribution in [0, 0.1) is 0 Å². The Morgan fingerprint density at radius 2 is 1.59 bits per heavy atom. The lowest BCUT2D eigenvalue weighted by Gasteiger charge is -2.21. The van der Waals surface area contributed by atoms with Crippen LogP contribution in [0.4, 0.5) is 13.2 Å². The smallest absolute Gasteiger partial charge is 0.341 e. The monoisotopic (exact) mass is 254 g/mol. The topological polar surface area (TPSA) is 49.4 Å². The molecule has 2 amide bonds. The summed E-state index contributed by atoms with van der Waals surface area (Å²) in [6, 6.07) is 0. The van der Waals surface area contributed by atoms with Gasteiger partial charge in [-0.2, -0.15) is 13.2 Å². The number of hydrogen-bond acceptors (Lipinski definition) is 2. The van der Waals surface area contributed by atoms with Crippen LogP contribution >= 0.6 is 0 Å². The molecule has 17 heavy (non-hydrogen) atoms. The molecule has 0 fully saturated rings. The SMILES string of the molecule is CCCN(CCC)C(=O)CNC(=O)C(F)(F)F. The molecule has 0 aliphatic rings. The van der Waals surface area contributed by atoms with Gasteiger partial charge in [0.15, 0.2) is 0 Å². The summed E-state index contributed by atoms with van der Waals surface area (Å²) in [4.78, 5) is 23.4. The first-order chi connectivity index (χ1) is 7.82. The van der Waals surface area contributed by atoms with Gasteiger partial charge >= 0.3 is 12.1 Å². The zero-order chi connectivity index (χ0) is 13.5. The first-order valence-electron chi connectivity index (χ1n) is 5.45. The number of halogens is 3. The first kappa shape index (κ1) is 15.7. The number of nitrogens with one attached hydrogen (secondary N) is 1. The highest BCUT2D eigenvalue weighted by Crippen LogP contribution is 2.13. The van der Waals surface area contributed by atoms with E-state index in [2.05, 4.69) is 0 Å². The normalized spacial score (nSPS) is 11.1. The molecule has 0 unspecified atom stereocenters. The van der Waals surface area contributed by atoms with Crippen molar-refractivity contribution < 1.29 is 22.8 Å². The van der Waals surface area contributed by atoms with Crippen molar-refractivity contribution in [2.24, 2.45) is 0 Å².